The van der Waals surface area contributed by atoms with Gasteiger partial charge in [0.15, 0.2) is 11.5 Å². The standard InChI is InChI=1S/C22H14Cl4O8P2/c23-17-3-1-5-19(21(17)25)33-35(27,28)31-15-9-7-13-8-10-16(12-14(13)11-15)32-36(29,30)34-20-6-2-4-18(24)22(20)26/h1-12H,(H,27,28)(H,29,30). The minimum atomic E-state index is -4.66. The van der Waals surface area contributed by atoms with Gasteiger partial charge in [0.2, 0.25) is 0 Å². The molecule has 14 heteroatoms. The van der Waals surface area contributed by atoms with Gasteiger partial charge < -0.3 is 18.1 Å². The summed E-state index contributed by atoms with van der Waals surface area (Å²) < 4.78 is 45.4. The van der Waals surface area contributed by atoms with Crippen LogP contribution in [0, 0.1) is 0 Å². The van der Waals surface area contributed by atoms with Crippen molar-refractivity contribution in [2.45, 2.75) is 0 Å². The van der Waals surface area contributed by atoms with Gasteiger partial charge >= 0.3 is 15.6 Å². The van der Waals surface area contributed by atoms with Gasteiger partial charge in [0.25, 0.3) is 0 Å². The zero-order valence-corrected chi connectivity index (χ0v) is 22.5. The van der Waals surface area contributed by atoms with E-state index in [1.54, 1.807) is 12.1 Å². The molecular formula is C22H14Cl4O8P2. The first kappa shape index (κ1) is 26.9. The second-order valence-electron chi connectivity index (χ2n) is 7.08. The van der Waals surface area contributed by atoms with Crippen molar-refractivity contribution in [2.24, 2.45) is 0 Å². The van der Waals surface area contributed by atoms with Crippen molar-refractivity contribution in [1.29, 1.82) is 0 Å². The Balaban J connectivity index is 1.53. The second-order valence-corrected chi connectivity index (χ2v) is 11.3. The summed E-state index contributed by atoms with van der Waals surface area (Å²) in [5.41, 5.74) is 0. The third-order valence-corrected chi connectivity index (χ3v) is 7.83. The summed E-state index contributed by atoms with van der Waals surface area (Å²) in [7, 11) is -9.31. The molecule has 0 aliphatic carbocycles. The summed E-state index contributed by atoms with van der Waals surface area (Å²) in [5, 5.41) is 1.30. The van der Waals surface area contributed by atoms with Crippen LogP contribution in [-0.4, -0.2) is 9.79 Å². The fraction of sp³-hybridized carbons (Fsp3) is 0. The van der Waals surface area contributed by atoms with E-state index in [0.717, 1.165) is 0 Å². The van der Waals surface area contributed by atoms with Crippen molar-refractivity contribution in [3.05, 3.63) is 92.9 Å². The van der Waals surface area contributed by atoms with Crippen molar-refractivity contribution in [1.82, 2.24) is 0 Å². The van der Waals surface area contributed by atoms with Crippen LogP contribution in [0.5, 0.6) is 23.0 Å². The Labute approximate surface area is 225 Å². The fourth-order valence-corrected chi connectivity index (χ4v) is 5.38. The number of halogens is 4. The molecular weight excluding hydrogens is 596 g/mol. The number of benzene rings is 4. The molecule has 0 heterocycles. The maximum atomic E-state index is 12.5. The molecule has 0 aliphatic rings. The van der Waals surface area contributed by atoms with E-state index in [9.17, 15) is 18.9 Å². The van der Waals surface area contributed by atoms with E-state index in [1.165, 1.54) is 60.7 Å². The number of fused-ring (bicyclic) bond motifs is 1. The lowest BCUT2D eigenvalue weighted by Gasteiger charge is -2.16. The molecule has 2 atom stereocenters. The van der Waals surface area contributed by atoms with Crippen LogP contribution in [0.4, 0.5) is 0 Å². The van der Waals surface area contributed by atoms with Gasteiger partial charge in [-0.3, -0.25) is 9.79 Å². The highest BCUT2D eigenvalue weighted by Gasteiger charge is 2.28. The maximum Gasteiger partial charge on any atom is 0.584 e. The van der Waals surface area contributed by atoms with E-state index in [4.69, 9.17) is 64.5 Å². The zero-order valence-electron chi connectivity index (χ0n) is 17.7. The minimum absolute atomic E-state index is 0.0298. The van der Waals surface area contributed by atoms with Gasteiger partial charge in [0.1, 0.15) is 21.5 Å². The lowest BCUT2D eigenvalue weighted by molar-refractivity contribution is 0.289. The molecule has 2 unspecified atom stereocenters. The number of rotatable bonds is 8. The molecule has 0 aliphatic heterocycles. The Morgan fingerprint density at radius 3 is 1.39 bits per heavy atom. The van der Waals surface area contributed by atoms with Gasteiger partial charge in [-0.2, -0.15) is 0 Å². The van der Waals surface area contributed by atoms with Crippen LogP contribution >= 0.6 is 62.0 Å². The predicted molar refractivity (Wildman–Crippen MR) is 139 cm³/mol. The third kappa shape index (κ3) is 6.60. The van der Waals surface area contributed by atoms with Gasteiger partial charge in [-0.05, 0) is 59.3 Å². The third-order valence-electron chi connectivity index (χ3n) is 4.48. The number of hydrogen-bond donors (Lipinski definition) is 2. The predicted octanol–water partition coefficient (Wildman–Crippen LogP) is 8.57. The second kappa shape index (κ2) is 10.7. The van der Waals surface area contributed by atoms with Crippen LogP contribution in [0.25, 0.3) is 10.8 Å². The van der Waals surface area contributed by atoms with Gasteiger partial charge in [-0.1, -0.05) is 70.7 Å². The van der Waals surface area contributed by atoms with E-state index in [0.29, 0.717) is 10.8 Å². The first-order valence-electron chi connectivity index (χ1n) is 9.78. The topological polar surface area (TPSA) is 112 Å². The molecule has 0 saturated heterocycles. The SMILES string of the molecule is O=P(O)(Oc1ccc2ccc(OP(=O)(O)Oc3cccc(Cl)c3Cl)cc2c1)Oc1cccc(Cl)c1Cl. The van der Waals surface area contributed by atoms with Crippen LogP contribution in [-0.2, 0) is 9.13 Å². The summed E-state index contributed by atoms with van der Waals surface area (Å²) in [6.45, 7) is 0. The normalized spacial score (nSPS) is 14.5. The van der Waals surface area contributed by atoms with Crippen molar-refractivity contribution in [3.8, 4) is 23.0 Å². The molecule has 0 saturated carbocycles. The van der Waals surface area contributed by atoms with Crippen LogP contribution < -0.4 is 18.1 Å². The average Bonchev–Trinajstić information content (AvgIpc) is 2.79. The zero-order chi connectivity index (χ0) is 26.1. The number of hydrogen-bond acceptors (Lipinski definition) is 6. The molecule has 4 aromatic carbocycles. The van der Waals surface area contributed by atoms with Gasteiger partial charge in [0, 0.05) is 0 Å². The molecule has 188 valence electrons. The van der Waals surface area contributed by atoms with Gasteiger partial charge in [0.05, 0.1) is 10.0 Å². The Morgan fingerprint density at radius 1 is 0.556 bits per heavy atom. The van der Waals surface area contributed by atoms with Crippen molar-refractivity contribution < 1.29 is 37.0 Å². The molecule has 0 radical (unpaired) electrons. The van der Waals surface area contributed by atoms with Crippen molar-refractivity contribution in [2.75, 3.05) is 0 Å². The Morgan fingerprint density at radius 2 is 0.972 bits per heavy atom. The van der Waals surface area contributed by atoms with E-state index < -0.39 is 15.6 Å². The summed E-state index contributed by atoms with van der Waals surface area (Å²) in [6.07, 6.45) is 0. The Bertz CT molecular complexity index is 1440. The average molecular weight is 610 g/mol. The minimum Gasteiger partial charge on any atom is -0.395 e. The highest BCUT2D eigenvalue weighted by Crippen LogP contribution is 2.49. The molecule has 2 N–H and O–H groups in total. The van der Waals surface area contributed by atoms with Crippen molar-refractivity contribution in [3.63, 3.8) is 0 Å². The lowest BCUT2D eigenvalue weighted by atomic mass is 10.1. The highest BCUT2D eigenvalue weighted by atomic mass is 35.5. The maximum absolute atomic E-state index is 12.5. The van der Waals surface area contributed by atoms with Gasteiger partial charge in [-0.15, -0.1) is 0 Å². The number of phosphoric ester groups is 2. The summed E-state index contributed by atoms with van der Waals surface area (Å²) >= 11 is 23.8. The van der Waals surface area contributed by atoms with Crippen molar-refractivity contribution >= 4 is 72.8 Å². The largest absolute Gasteiger partial charge is 0.584 e. The van der Waals surface area contributed by atoms with Crippen LogP contribution in [0.15, 0.2) is 72.8 Å². The Kier molecular flexibility index (Phi) is 8.01. The first-order valence-corrected chi connectivity index (χ1v) is 14.3. The fourth-order valence-electron chi connectivity index (χ4n) is 2.98. The lowest BCUT2D eigenvalue weighted by Crippen LogP contribution is -2.01. The van der Waals surface area contributed by atoms with Crippen LogP contribution in [0.3, 0.4) is 0 Å². The van der Waals surface area contributed by atoms with Gasteiger partial charge in [-0.25, -0.2) is 9.13 Å². The monoisotopic (exact) mass is 608 g/mol. The highest BCUT2D eigenvalue weighted by molar-refractivity contribution is 7.48. The molecule has 0 fully saturated rings. The molecule has 0 amide bonds. The molecule has 4 rings (SSSR count). The molecule has 0 spiro atoms. The van der Waals surface area contributed by atoms with E-state index in [1.807, 2.05) is 0 Å². The summed E-state index contributed by atoms with van der Waals surface area (Å²) in [5.74, 6) is -0.328. The van der Waals surface area contributed by atoms with Crippen LogP contribution in [0.1, 0.15) is 0 Å². The smallest absolute Gasteiger partial charge is 0.395 e. The molecule has 36 heavy (non-hydrogen) atoms. The quantitative estimate of drug-likeness (QED) is 0.191. The van der Waals surface area contributed by atoms with E-state index in [2.05, 4.69) is 0 Å². The number of phosphoric acid groups is 2. The van der Waals surface area contributed by atoms with Crippen LogP contribution in [0.2, 0.25) is 20.1 Å². The molecule has 8 nitrogen and oxygen atoms in total. The van der Waals surface area contributed by atoms with E-state index >= 15 is 0 Å². The summed E-state index contributed by atoms with van der Waals surface area (Å²) in [6, 6.07) is 17.6. The Hall–Kier alpha value is -2.12. The van der Waals surface area contributed by atoms with E-state index in [-0.39, 0.29) is 43.1 Å². The molecule has 0 aromatic heterocycles. The molecule has 4 aromatic rings. The first-order chi connectivity index (χ1) is 16.9. The summed E-state index contributed by atoms with van der Waals surface area (Å²) in [4.78, 5) is 20.4. The molecule has 0 bridgehead atoms.